The van der Waals surface area contributed by atoms with Crippen LogP contribution in [-0.4, -0.2) is 37.4 Å². The highest BCUT2D eigenvalue weighted by Gasteiger charge is 2.19. The van der Waals surface area contributed by atoms with Crippen LogP contribution >= 0.6 is 0 Å². The molecule has 2 N–H and O–H groups in total. The fourth-order valence-electron chi connectivity index (χ4n) is 1.19. The van der Waals surface area contributed by atoms with E-state index >= 15 is 0 Å². The Labute approximate surface area is 92.0 Å². The maximum Gasteiger partial charge on any atom is 0.223 e. The number of hydrogen-bond acceptors (Lipinski definition) is 3. The van der Waals surface area contributed by atoms with Crippen molar-refractivity contribution in [2.75, 3.05) is 20.3 Å². The largest absolute Gasteiger partial charge is 0.396 e. The molecule has 15 heavy (non-hydrogen) atoms. The van der Waals surface area contributed by atoms with E-state index in [1.54, 1.807) is 7.11 Å². The normalized spacial score (nSPS) is 15.1. The third-order valence-corrected chi connectivity index (χ3v) is 2.61. The highest BCUT2D eigenvalue weighted by Crippen LogP contribution is 2.09. The van der Waals surface area contributed by atoms with E-state index in [1.807, 2.05) is 20.8 Å². The topological polar surface area (TPSA) is 58.6 Å². The number of rotatable bonds is 7. The zero-order chi connectivity index (χ0) is 11.8. The molecular weight excluding hydrogens is 194 g/mol. The van der Waals surface area contributed by atoms with E-state index in [1.165, 1.54) is 0 Å². The van der Waals surface area contributed by atoms with Crippen LogP contribution in [0.15, 0.2) is 0 Å². The summed E-state index contributed by atoms with van der Waals surface area (Å²) in [6.45, 7) is 6.44. The van der Waals surface area contributed by atoms with Crippen molar-refractivity contribution in [1.29, 1.82) is 0 Å². The SMILES string of the molecule is COCC(CCO)NC(=O)C(C)C(C)C. The lowest BCUT2D eigenvalue weighted by atomic mass is 9.97. The van der Waals surface area contributed by atoms with Crippen LogP contribution in [0.4, 0.5) is 0 Å². The van der Waals surface area contributed by atoms with Crippen molar-refractivity contribution in [3.8, 4) is 0 Å². The minimum absolute atomic E-state index is 0.0111. The third kappa shape index (κ3) is 5.74. The van der Waals surface area contributed by atoms with Crippen molar-refractivity contribution >= 4 is 5.91 Å². The first kappa shape index (κ1) is 14.4. The zero-order valence-corrected chi connectivity index (χ0v) is 10.1. The monoisotopic (exact) mass is 217 g/mol. The Morgan fingerprint density at radius 1 is 1.40 bits per heavy atom. The summed E-state index contributed by atoms with van der Waals surface area (Å²) in [5, 5.41) is 11.7. The first-order chi connectivity index (χ1) is 7.02. The van der Waals surface area contributed by atoms with E-state index in [0.29, 0.717) is 18.9 Å². The van der Waals surface area contributed by atoms with Gasteiger partial charge in [0.05, 0.1) is 12.6 Å². The number of carbonyl (C=O) groups is 1. The van der Waals surface area contributed by atoms with Gasteiger partial charge in [-0.1, -0.05) is 20.8 Å². The van der Waals surface area contributed by atoms with Gasteiger partial charge in [0.2, 0.25) is 5.91 Å². The second kappa shape index (κ2) is 7.65. The van der Waals surface area contributed by atoms with E-state index in [4.69, 9.17) is 9.84 Å². The van der Waals surface area contributed by atoms with Crippen molar-refractivity contribution < 1.29 is 14.6 Å². The van der Waals surface area contributed by atoms with Gasteiger partial charge in [0, 0.05) is 19.6 Å². The molecule has 2 unspecified atom stereocenters. The lowest BCUT2D eigenvalue weighted by molar-refractivity contribution is -0.126. The highest BCUT2D eigenvalue weighted by molar-refractivity contribution is 5.78. The molecule has 1 amide bonds. The number of ether oxygens (including phenoxy) is 1. The average Bonchev–Trinajstić information content (AvgIpc) is 2.17. The minimum Gasteiger partial charge on any atom is -0.396 e. The van der Waals surface area contributed by atoms with Crippen molar-refractivity contribution in [2.24, 2.45) is 11.8 Å². The van der Waals surface area contributed by atoms with Crippen molar-refractivity contribution in [2.45, 2.75) is 33.2 Å². The van der Waals surface area contributed by atoms with Crippen LogP contribution in [0.3, 0.4) is 0 Å². The van der Waals surface area contributed by atoms with Crippen LogP contribution in [-0.2, 0) is 9.53 Å². The first-order valence-electron chi connectivity index (χ1n) is 5.43. The second-order valence-electron chi connectivity index (χ2n) is 4.21. The summed E-state index contributed by atoms with van der Waals surface area (Å²) in [6.07, 6.45) is 0.532. The molecule has 0 aliphatic rings. The van der Waals surface area contributed by atoms with E-state index < -0.39 is 0 Å². The summed E-state index contributed by atoms with van der Waals surface area (Å²) in [6, 6.07) is -0.0892. The van der Waals surface area contributed by atoms with Gasteiger partial charge >= 0.3 is 0 Å². The minimum atomic E-state index is -0.0892. The number of carbonyl (C=O) groups excluding carboxylic acids is 1. The zero-order valence-electron chi connectivity index (χ0n) is 10.1. The number of aliphatic hydroxyl groups is 1. The molecule has 4 heteroatoms. The molecule has 0 aromatic heterocycles. The number of amides is 1. The van der Waals surface area contributed by atoms with Gasteiger partial charge < -0.3 is 15.2 Å². The number of methoxy groups -OCH3 is 1. The molecule has 0 heterocycles. The lowest BCUT2D eigenvalue weighted by Gasteiger charge is -2.21. The molecule has 0 saturated carbocycles. The molecule has 0 aromatic carbocycles. The summed E-state index contributed by atoms with van der Waals surface area (Å²) < 4.78 is 4.97. The fourth-order valence-corrected chi connectivity index (χ4v) is 1.19. The third-order valence-electron chi connectivity index (χ3n) is 2.61. The molecule has 0 spiro atoms. The van der Waals surface area contributed by atoms with E-state index in [9.17, 15) is 4.79 Å². The van der Waals surface area contributed by atoms with Gasteiger partial charge in [0.1, 0.15) is 0 Å². The van der Waals surface area contributed by atoms with Crippen LogP contribution in [0, 0.1) is 11.8 Å². The van der Waals surface area contributed by atoms with Crippen molar-refractivity contribution in [1.82, 2.24) is 5.32 Å². The Bertz CT molecular complexity index is 177. The molecular formula is C11H23NO3. The standard InChI is InChI=1S/C11H23NO3/c1-8(2)9(3)11(14)12-10(5-6-13)7-15-4/h8-10,13H,5-7H2,1-4H3,(H,12,14). The van der Waals surface area contributed by atoms with Gasteiger partial charge in [0.15, 0.2) is 0 Å². The maximum absolute atomic E-state index is 11.7. The van der Waals surface area contributed by atoms with Gasteiger partial charge in [0.25, 0.3) is 0 Å². The predicted octanol–water partition coefficient (Wildman–Crippen LogP) is 0.792. The summed E-state index contributed by atoms with van der Waals surface area (Å²) >= 11 is 0. The Kier molecular flexibility index (Phi) is 7.34. The van der Waals surface area contributed by atoms with E-state index in [2.05, 4.69) is 5.32 Å². The molecule has 2 atom stereocenters. The smallest absolute Gasteiger partial charge is 0.223 e. The van der Waals surface area contributed by atoms with Gasteiger partial charge in [-0.15, -0.1) is 0 Å². The van der Waals surface area contributed by atoms with Crippen LogP contribution in [0.1, 0.15) is 27.2 Å². The molecule has 0 radical (unpaired) electrons. The molecule has 0 fully saturated rings. The van der Waals surface area contributed by atoms with Crippen LogP contribution in [0.5, 0.6) is 0 Å². The number of nitrogens with one attached hydrogen (secondary N) is 1. The summed E-state index contributed by atoms with van der Waals surface area (Å²) in [5.41, 5.74) is 0. The molecule has 4 nitrogen and oxygen atoms in total. The quantitative estimate of drug-likeness (QED) is 0.663. The number of hydrogen-bond donors (Lipinski definition) is 2. The predicted molar refractivity (Wildman–Crippen MR) is 59.5 cm³/mol. The van der Waals surface area contributed by atoms with Gasteiger partial charge in [-0.3, -0.25) is 4.79 Å². The summed E-state index contributed by atoms with van der Waals surface area (Å²) in [7, 11) is 1.59. The van der Waals surface area contributed by atoms with Gasteiger partial charge in [-0.2, -0.15) is 0 Å². The Balaban J connectivity index is 4.09. The maximum atomic E-state index is 11.7. The van der Waals surface area contributed by atoms with Gasteiger partial charge in [-0.25, -0.2) is 0 Å². The Hall–Kier alpha value is -0.610. The van der Waals surface area contributed by atoms with Crippen molar-refractivity contribution in [3.63, 3.8) is 0 Å². The van der Waals surface area contributed by atoms with Crippen LogP contribution in [0.25, 0.3) is 0 Å². The highest BCUT2D eigenvalue weighted by atomic mass is 16.5. The Morgan fingerprint density at radius 3 is 2.40 bits per heavy atom. The number of aliphatic hydroxyl groups excluding tert-OH is 1. The molecule has 0 bridgehead atoms. The second-order valence-corrected chi connectivity index (χ2v) is 4.21. The summed E-state index contributed by atoms with van der Waals surface area (Å²) in [5.74, 6) is 0.339. The lowest BCUT2D eigenvalue weighted by Crippen LogP contribution is -2.42. The molecule has 0 saturated heterocycles. The Morgan fingerprint density at radius 2 is 2.00 bits per heavy atom. The molecule has 0 aromatic rings. The van der Waals surface area contributed by atoms with Crippen LogP contribution < -0.4 is 5.32 Å². The van der Waals surface area contributed by atoms with Crippen molar-refractivity contribution in [3.05, 3.63) is 0 Å². The average molecular weight is 217 g/mol. The molecule has 0 aliphatic heterocycles. The van der Waals surface area contributed by atoms with E-state index in [0.717, 1.165) is 0 Å². The first-order valence-corrected chi connectivity index (χ1v) is 5.43. The fraction of sp³-hybridized carbons (Fsp3) is 0.909. The van der Waals surface area contributed by atoms with E-state index in [-0.39, 0.29) is 24.5 Å². The molecule has 0 aliphatic carbocycles. The summed E-state index contributed by atoms with van der Waals surface area (Å²) in [4.78, 5) is 11.7. The van der Waals surface area contributed by atoms with Gasteiger partial charge in [-0.05, 0) is 12.3 Å². The van der Waals surface area contributed by atoms with Crippen LogP contribution in [0.2, 0.25) is 0 Å². The molecule has 90 valence electrons. The molecule has 0 rings (SSSR count).